The fourth-order valence-corrected chi connectivity index (χ4v) is 1.53. The lowest BCUT2D eigenvalue weighted by Gasteiger charge is -2.20. The molecule has 1 amide bonds. The van der Waals surface area contributed by atoms with Crippen molar-refractivity contribution >= 4 is 5.91 Å². The van der Waals surface area contributed by atoms with E-state index in [9.17, 15) is 9.18 Å². The zero-order chi connectivity index (χ0) is 13.5. The van der Waals surface area contributed by atoms with Crippen molar-refractivity contribution in [3.8, 4) is 0 Å². The fraction of sp³-hybridized carbons (Fsp3) is 0.500. The van der Waals surface area contributed by atoms with Crippen molar-refractivity contribution < 1.29 is 9.18 Å². The van der Waals surface area contributed by atoms with Crippen LogP contribution in [0.4, 0.5) is 4.39 Å². The number of nitrogens with one attached hydrogen (secondary N) is 1. The smallest absolute Gasteiger partial charge is 0.254 e. The number of carbonyl (C=O) groups excluding carboxylic acids is 1. The fourth-order valence-electron chi connectivity index (χ4n) is 1.53. The quantitative estimate of drug-likeness (QED) is 0.788. The summed E-state index contributed by atoms with van der Waals surface area (Å²) in [5.41, 5.74) is 0.106. The Balaban J connectivity index is 2.32. The first-order chi connectivity index (χ1) is 8.52. The summed E-state index contributed by atoms with van der Waals surface area (Å²) in [6.45, 7) is 5.72. The Bertz CT molecular complexity index is 393. The lowest BCUT2D eigenvalue weighted by atomic mass is 10.2. The predicted molar refractivity (Wildman–Crippen MR) is 71.1 cm³/mol. The van der Waals surface area contributed by atoms with E-state index < -0.39 is 5.82 Å². The molecule has 0 aliphatic carbocycles. The van der Waals surface area contributed by atoms with Gasteiger partial charge in [-0.25, -0.2) is 4.39 Å². The molecule has 3 nitrogen and oxygen atoms in total. The third-order valence-corrected chi connectivity index (χ3v) is 2.97. The molecule has 1 N–H and O–H groups in total. The number of benzene rings is 1. The van der Waals surface area contributed by atoms with Gasteiger partial charge in [0.2, 0.25) is 0 Å². The van der Waals surface area contributed by atoms with Crippen LogP contribution in [0.15, 0.2) is 24.3 Å². The molecular weight excluding hydrogens is 231 g/mol. The largest absolute Gasteiger partial charge is 0.352 e. The van der Waals surface area contributed by atoms with Crippen LogP contribution in [0, 0.1) is 5.82 Å². The molecule has 0 spiro atoms. The van der Waals surface area contributed by atoms with Crippen LogP contribution in [0.2, 0.25) is 0 Å². The highest BCUT2D eigenvalue weighted by Gasteiger charge is 2.09. The summed E-state index contributed by atoms with van der Waals surface area (Å²) in [7, 11) is 2.04. The molecule has 18 heavy (non-hydrogen) atoms. The Morgan fingerprint density at radius 3 is 2.67 bits per heavy atom. The highest BCUT2D eigenvalue weighted by molar-refractivity contribution is 5.94. The summed E-state index contributed by atoms with van der Waals surface area (Å²) in [5.74, 6) is -0.824. The lowest BCUT2D eigenvalue weighted by molar-refractivity contribution is 0.0947. The van der Waals surface area contributed by atoms with Gasteiger partial charge in [0.15, 0.2) is 0 Å². The van der Waals surface area contributed by atoms with Gasteiger partial charge in [-0.2, -0.15) is 0 Å². The Morgan fingerprint density at radius 2 is 2.06 bits per heavy atom. The maximum absolute atomic E-state index is 13.3. The number of hydrogen-bond acceptors (Lipinski definition) is 2. The first kappa shape index (κ1) is 14.6. The molecule has 0 bridgehead atoms. The second-order valence-electron chi connectivity index (χ2n) is 4.66. The molecule has 0 aliphatic heterocycles. The van der Waals surface area contributed by atoms with Gasteiger partial charge < -0.3 is 10.2 Å². The molecule has 0 atom stereocenters. The zero-order valence-electron chi connectivity index (χ0n) is 11.2. The van der Waals surface area contributed by atoms with Crippen LogP contribution in [0.5, 0.6) is 0 Å². The summed E-state index contributed by atoms with van der Waals surface area (Å²) in [6.07, 6.45) is 0.856. The van der Waals surface area contributed by atoms with Crippen molar-refractivity contribution in [3.05, 3.63) is 35.6 Å². The standard InChI is InChI=1S/C14H21FN2O/c1-11(2)17(3)10-6-9-16-14(18)12-7-4-5-8-13(12)15/h4-5,7-8,11H,6,9-10H2,1-3H3,(H,16,18). The maximum atomic E-state index is 13.3. The number of hydrogen-bond donors (Lipinski definition) is 1. The summed E-state index contributed by atoms with van der Waals surface area (Å²) in [5, 5.41) is 2.73. The molecule has 0 unspecified atom stereocenters. The Hall–Kier alpha value is -1.42. The van der Waals surface area contributed by atoms with Gasteiger partial charge >= 0.3 is 0 Å². The van der Waals surface area contributed by atoms with Crippen molar-refractivity contribution in [1.82, 2.24) is 10.2 Å². The van der Waals surface area contributed by atoms with Gasteiger partial charge in [0, 0.05) is 12.6 Å². The highest BCUT2D eigenvalue weighted by Crippen LogP contribution is 2.05. The molecule has 0 radical (unpaired) electrons. The van der Waals surface area contributed by atoms with Crippen molar-refractivity contribution in [2.75, 3.05) is 20.1 Å². The van der Waals surface area contributed by atoms with Crippen LogP contribution < -0.4 is 5.32 Å². The van der Waals surface area contributed by atoms with Gasteiger partial charge in [-0.15, -0.1) is 0 Å². The van der Waals surface area contributed by atoms with Gasteiger partial charge in [-0.1, -0.05) is 12.1 Å². The van der Waals surface area contributed by atoms with Crippen molar-refractivity contribution in [2.45, 2.75) is 26.3 Å². The number of rotatable bonds is 6. The van der Waals surface area contributed by atoms with Crippen molar-refractivity contribution in [1.29, 1.82) is 0 Å². The SMILES string of the molecule is CC(C)N(C)CCCNC(=O)c1ccccc1F. The Labute approximate surface area is 108 Å². The lowest BCUT2D eigenvalue weighted by Crippen LogP contribution is -2.31. The molecule has 0 fully saturated rings. The van der Waals surface area contributed by atoms with Crippen molar-refractivity contribution in [2.24, 2.45) is 0 Å². The van der Waals surface area contributed by atoms with Crippen LogP contribution in [0.3, 0.4) is 0 Å². The molecule has 0 saturated carbocycles. The minimum Gasteiger partial charge on any atom is -0.352 e. The monoisotopic (exact) mass is 252 g/mol. The second kappa shape index (κ2) is 7.11. The number of amides is 1. The molecule has 1 aromatic carbocycles. The summed E-state index contributed by atoms with van der Waals surface area (Å²) < 4.78 is 13.3. The second-order valence-corrected chi connectivity index (χ2v) is 4.66. The number of carbonyl (C=O) groups is 1. The van der Waals surface area contributed by atoms with Gasteiger partial charge in [-0.3, -0.25) is 4.79 Å². The van der Waals surface area contributed by atoms with Crippen LogP contribution in [0.25, 0.3) is 0 Å². The molecular formula is C14H21FN2O. The summed E-state index contributed by atoms with van der Waals surface area (Å²) in [4.78, 5) is 13.9. The molecule has 0 aromatic heterocycles. The highest BCUT2D eigenvalue weighted by atomic mass is 19.1. The zero-order valence-corrected chi connectivity index (χ0v) is 11.2. The predicted octanol–water partition coefficient (Wildman–Crippen LogP) is 2.29. The topological polar surface area (TPSA) is 32.3 Å². The van der Waals surface area contributed by atoms with E-state index in [1.54, 1.807) is 12.1 Å². The average molecular weight is 252 g/mol. The Kier molecular flexibility index (Phi) is 5.78. The average Bonchev–Trinajstić information content (AvgIpc) is 2.34. The van der Waals surface area contributed by atoms with E-state index in [2.05, 4.69) is 24.1 Å². The van der Waals surface area contributed by atoms with E-state index in [1.807, 2.05) is 7.05 Å². The normalized spacial score (nSPS) is 11.0. The minimum absolute atomic E-state index is 0.106. The van der Waals surface area contributed by atoms with E-state index in [-0.39, 0.29) is 11.5 Å². The molecule has 1 aromatic rings. The molecule has 100 valence electrons. The molecule has 1 rings (SSSR count). The third kappa shape index (κ3) is 4.45. The first-order valence-electron chi connectivity index (χ1n) is 6.25. The van der Waals surface area contributed by atoms with E-state index in [0.29, 0.717) is 12.6 Å². The molecule has 4 heteroatoms. The van der Waals surface area contributed by atoms with Gasteiger partial charge in [0.1, 0.15) is 5.82 Å². The van der Waals surface area contributed by atoms with E-state index in [0.717, 1.165) is 13.0 Å². The van der Waals surface area contributed by atoms with Crippen molar-refractivity contribution in [3.63, 3.8) is 0 Å². The van der Waals surface area contributed by atoms with Crippen LogP contribution in [-0.4, -0.2) is 37.0 Å². The maximum Gasteiger partial charge on any atom is 0.254 e. The van der Waals surface area contributed by atoms with Gasteiger partial charge in [-0.05, 0) is 46.0 Å². The van der Waals surface area contributed by atoms with E-state index in [1.165, 1.54) is 12.1 Å². The van der Waals surface area contributed by atoms with Crippen LogP contribution >= 0.6 is 0 Å². The molecule has 0 aliphatic rings. The van der Waals surface area contributed by atoms with Crippen LogP contribution in [-0.2, 0) is 0 Å². The minimum atomic E-state index is -0.478. The molecule has 0 saturated heterocycles. The summed E-state index contributed by atoms with van der Waals surface area (Å²) in [6, 6.07) is 6.51. The van der Waals surface area contributed by atoms with E-state index in [4.69, 9.17) is 0 Å². The van der Waals surface area contributed by atoms with Gasteiger partial charge in [0.05, 0.1) is 5.56 Å². The summed E-state index contributed by atoms with van der Waals surface area (Å²) >= 11 is 0. The molecule has 0 heterocycles. The van der Waals surface area contributed by atoms with Gasteiger partial charge in [0.25, 0.3) is 5.91 Å². The number of nitrogens with zero attached hydrogens (tertiary/aromatic N) is 1. The third-order valence-electron chi connectivity index (χ3n) is 2.97. The van der Waals surface area contributed by atoms with Crippen LogP contribution in [0.1, 0.15) is 30.6 Å². The number of halogens is 1. The van der Waals surface area contributed by atoms with E-state index >= 15 is 0 Å². The first-order valence-corrected chi connectivity index (χ1v) is 6.25. The Morgan fingerprint density at radius 1 is 1.39 bits per heavy atom.